The molecule has 0 spiro atoms. The highest BCUT2D eigenvalue weighted by Gasteiger charge is 2.20. The van der Waals surface area contributed by atoms with Crippen LogP contribution in [-0.4, -0.2) is 28.7 Å². The summed E-state index contributed by atoms with van der Waals surface area (Å²) in [6.07, 6.45) is 1.23. The molecule has 0 atom stereocenters. The van der Waals surface area contributed by atoms with Crippen LogP contribution in [0.2, 0.25) is 0 Å². The van der Waals surface area contributed by atoms with Crippen LogP contribution >= 0.6 is 15.9 Å². The first-order valence-electron chi connectivity index (χ1n) is 10.2. The van der Waals surface area contributed by atoms with Crippen LogP contribution in [0.3, 0.4) is 0 Å². The lowest BCUT2D eigenvalue weighted by Crippen LogP contribution is -2.33. The second-order valence-corrected chi connectivity index (χ2v) is 8.25. The van der Waals surface area contributed by atoms with Crippen molar-refractivity contribution in [3.8, 4) is 17.4 Å². The number of hydrogen-bond donors (Lipinski definition) is 1. The lowest BCUT2D eigenvalue weighted by atomic mass is 10.1. The quantitative estimate of drug-likeness (QED) is 0.259. The minimum atomic E-state index is -0.616. The van der Waals surface area contributed by atoms with Crippen LogP contribution in [0.25, 0.3) is 11.3 Å². The molecular formula is C23H20BrN5O6. The van der Waals surface area contributed by atoms with E-state index in [1.165, 1.54) is 19.4 Å². The van der Waals surface area contributed by atoms with E-state index in [2.05, 4.69) is 26.5 Å². The molecule has 3 rings (SSSR count). The first kappa shape index (κ1) is 25.5. The van der Waals surface area contributed by atoms with E-state index in [9.17, 15) is 25.0 Å². The molecule has 35 heavy (non-hydrogen) atoms. The minimum Gasteiger partial charge on any atom is -0.455 e. The molecule has 11 nitrogen and oxygen atoms in total. The van der Waals surface area contributed by atoms with Gasteiger partial charge in [0.2, 0.25) is 0 Å². The largest absolute Gasteiger partial charge is 0.455 e. The average molecular weight is 542 g/mol. The first-order chi connectivity index (χ1) is 16.7. The van der Waals surface area contributed by atoms with Crippen molar-refractivity contribution in [1.82, 2.24) is 9.99 Å². The van der Waals surface area contributed by atoms with Crippen molar-refractivity contribution in [3.63, 3.8) is 0 Å². The average Bonchev–Trinajstić information content (AvgIpc) is 3.29. The number of carbonyl (C=O) groups is 1. The number of rotatable bonds is 8. The number of nitrogens with zero attached hydrogens (tertiary/aromatic N) is 4. The molecule has 1 N–H and O–H groups in total. The van der Waals surface area contributed by atoms with Gasteiger partial charge in [0.25, 0.3) is 17.2 Å². The van der Waals surface area contributed by atoms with E-state index < -0.39 is 16.4 Å². The molecule has 0 bridgehead atoms. The molecule has 2 heterocycles. The second kappa shape index (κ2) is 10.9. The molecule has 1 amide bonds. The summed E-state index contributed by atoms with van der Waals surface area (Å²) in [6.45, 7) is 3.08. The van der Waals surface area contributed by atoms with Gasteiger partial charge in [0.1, 0.15) is 29.7 Å². The van der Waals surface area contributed by atoms with Crippen LogP contribution in [0.4, 0.5) is 5.69 Å². The highest BCUT2D eigenvalue weighted by atomic mass is 79.9. The number of benzene rings is 1. The smallest absolute Gasteiger partial charge is 0.280 e. The van der Waals surface area contributed by atoms with E-state index in [1.807, 2.05) is 6.07 Å². The van der Waals surface area contributed by atoms with E-state index in [0.29, 0.717) is 21.3 Å². The zero-order chi connectivity index (χ0) is 25.7. The molecule has 2 aromatic heterocycles. The highest BCUT2D eigenvalue weighted by Crippen LogP contribution is 2.31. The Labute approximate surface area is 207 Å². The number of halogens is 1. The van der Waals surface area contributed by atoms with E-state index in [0.717, 1.165) is 10.1 Å². The number of nitriles is 1. The number of aryl methyl sites for hydroxylation is 1. The molecule has 0 unspecified atom stereocenters. The molecule has 0 aliphatic rings. The summed E-state index contributed by atoms with van der Waals surface area (Å²) in [5.74, 6) is -0.0821. The standard InChI is InChI=1S/C23H20BrN5O6/c1-13-4-6-16(19(8-13)29(32)33)20-7-5-15(35-20)10-26-27-21(30)11-28-14(2)22(24)18(12-34-3)17(9-25)23(28)31/h4-8,10H,11-12H2,1-3H3,(H,27,30)/b26-10+. The third kappa shape index (κ3) is 5.53. The van der Waals surface area contributed by atoms with Crippen molar-refractivity contribution in [1.29, 1.82) is 5.26 Å². The van der Waals surface area contributed by atoms with Crippen molar-refractivity contribution in [3.05, 3.63) is 83.4 Å². The maximum Gasteiger partial charge on any atom is 0.280 e. The van der Waals surface area contributed by atoms with Gasteiger partial charge < -0.3 is 13.7 Å². The summed E-state index contributed by atoms with van der Waals surface area (Å²) in [4.78, 5) is 36.0. The molecule has 0 radical (unpaired) electrons. The summed E-state index contributed by atoms with van der Waals surface area (Å²) < 4.78 is 12.3. The van der Waals surface area contributed by atoms with E-state index in [1.54, 1.807) is 38.1 Å². The number of pyridine rings is 1. The number of methoxy groups -OCH3 is 1. The zero-order valence-corrected chi connectivity index (χ0v) is 20.6. The van der Waals surface area contributed by atoms with Gasteiger partial charge in [0.15, 0.2) is 0 Å². The van der Waals surface area contributed by atoms with Gasteiger partial charge in [-0.05, 0) is 53.5 Å². The number of nitro benzene ring substituents is 1. The molecule has 12 heteroatoms. The van der Waals surface area contributed by atoms with Crippen LogP contribution in [0.1, 0.15) is 28.1 Å². The first-order valence-corrected chi connectivity index (χ1v) is 10.9. The molecule has 180 valence electrons. The summed E-state index contributed by atoms with van der Waals surface area (Å²) in [7, 11) is 1.45. The second-order valence-electron chi connectivity index (χ2n) is 7.46. The fourth-order valence-corrected chi connectivity index (χ4v) is 3.89. The Bertz CT molecular complexity index is 1430. The van der Waals surface area contributed by atoms with Crippen molar-refractivity contribution < 1.29 is 18.9 Å². The number of aromatic nitrogens is 1. The number of nitro groups is 1. The predicted molar refractivity (Wildman–Crippen MR) is 130 cm³/mol. The van der Waals surface area contributed by atoms with Crippen molar-refractivity contribution in [2.45, 2.75) is 27.0 Å². The number of nitrogens with one attached hydrogen (secondary N) is 1. The van der Waals surface area contributed by atoms with Crippen LogP contribution < -0.4 is 11.0 Å². The van der Waals surface area contributed by atoms with Crippen molar-refractivity contribution in [2.24, 2.45) is 5.10 Å². The van der Waals surface area contributed by atoms with Gasteiger partial charge in [-0.25, -0.2) is 5.43 Å². The summed E-state index contributed by atoms with van der Waals surface area (Å²) in [5.41, 5.74) is 3.40. The van der Waals surface area contributed by atoms with Crippen LogP contribution in [-0.2, 0) is 22.7 Å². The third-order valence-corrected chi connectivity index (χ3v) is 6.13. The maximum atomic E-state index is 12.7. The molecular weight excluding hydrogens is 522 g/mol. The molecule has 0 saturated carbocycles. The SMILES string of the molecule is COCc1c(Br)c(C)n(CC(=O)N/N=C/c2ccc(-c3ccc(C)cc3[N+](=O)[O-])o2)c(=O)c1C#N. The zero-order valence-electron chi connectivity index (χ0n) is 19.0. The Kier molecular flexibility index (Phi) is 7.95. The highest BCUT2D eigenvalue weighted by molar-refractivity contribution is 9.10. The number of amides is 1. The van der Waals surface area contributed by atoms with Gasteiger partial charge in [-0.1, -0.05) is 6.07 Å². The fourth-order valence-electron chi connectivity index (χ4n) is 3.36. The van der Waals surface area contributed by atoms with Crippen molar-refractivity contribution in [2.75, 3.05) is 7.11 Å². The van der Waals surface area contributed by atoms with Gasteiger partial charge in [-0.3, -0.25) is 19.7 Å². The normalized spacial score (nSPS) is 10.9. The summed E-state index contributed by atoms with van der Waals surface area (Å²) >= 11 is 3.36. The minimum absolute atomic E-state index is 0.0633. The predicted octanol–water partition coefficient (Wildman–Crippen LogP) is 3.56. The maximum absolute atomic E-state index is 12.7. The van der Waals surface area contributed by atoms with Crippen LogP contribution in [0.15, 0.2) is 49.1 Å². The number of hydrogen-bond acceptors (Lipinski definition) is 8. The molecule has 3 aromatic rings. The Balaban J connectivity index is 1.75. The topological polar surface area (TPSA) is 153 Å². The van der Waals surface area contributed by atoms with Crippen LogP contribution in [0, 0.1) is 35.3 Å². The Morgan fingerprint density at radius 1 is 1.37 bits per heavy atom. The summed E-state index contributed by atoms with van der Waals surface area (Å²) in [5, 5.41) is 24.6. The number of carbonyl (C=O) groups excluding carboxylic acids is 1. The fraction of sp³-hybridized carbons (Fsp3) is 0.217. The Morgan fingerprint density at radius 2 is 2.11 bits per heavy atom. The third-order valence-electron chi connectivity index (χ3n) is 5.07. The number of ether oxygens (including phenoxy) is 1. The van der Waals surface area contributed by atoms with Crippen molar-refractivity contribution >= 4 is 33.7 Å². The van der Waals surface area contributed by atoms with Crippen LogP contribution in [0.5, 0.6) is 0 Å². The van der Waals surface area contributed by atoms with Gasteiger partial charge in [-0.2, -0.15) is 10.4 Å². The van der Waals surface area contributed by atoms with E-state index in [-0.39, 0.29) is 35.9 Å². The van der Waals surface area contributed by atoms with Gasteiger partial charge in [-0.15, -0.1) is 0 Å². The molecule has 0 aliphatic carbocycles. The monoisotopic (exact) mass is 541 g/mol. The van der Waals surface area contributed by atoms with Gasteiger partial charge in [0.05, 0.1) is 23.3 Å². The molecule has 0 saturated heterocycles. The molecule has 1 aromatic carbocycles. The van der Waals surface area contributed by atoms with E-state index >= 15 is 0 Å². The van der Waals surface area contributed by atoms with Gasteiger partial charge in [0, 0.05) is 28.9 Å². The molecule has 0 fully saturated rings. The lowest BCUT2D eigenvalue weighted by molar-refractivity contribution is -0.384. The number of furan rings is 1. The summed E-state index contributed by atoms with van der Waals surface area (Å²) in [6, 6.07) is 9.76. The lowest BCUT2D eigenvalue weighted by Gasteiger charge is -2.15. The van der Waals surface area contributed by atoms with E-state index in [4.69, 9.17) is 9.15 Å². The Hall–Kier alpha value is -4.08. The Morgan fingerprint density at radius 3 is 2.77 bits per heavy atom. The molecule has 0 aliphatic heterocycles. The number of hydrazone groups is 1. The van der Waals surface area contributed by atoms with Gasteiger partial charge >= 0.3 is 0 Å².